The van der Waals surface area contributed by atoms with E-state index >= 15 is 0 Å². The van der Waals surface area contributed by atoms with Gasteiger partial charge in [0.2, 0.25) is 0 Å². The van der Waals surface area contributed by atoms with Crippen molar-refractivity contribution < 1.29 is 23.7 Å². The lowest BCUT2D eigenvalue weighted by Gasteiger charge is -2.43. The van der Waals surface area contributed by atoms with Gasteiger partial charge in [0.25, 0.3) is 8.32 Å². The van der Waals surface area contributed by atoms with Gasteiger partial charge in [0.15, 0.2) is 5.79 Å². The van der Waals surface area contributed by atoms with Crippen LogP contribution in [0, 0.1) is 0 Å². The molecule has 6 heteroatoms. The molecule has 0 amide bonds. The van der Waals surface area contributed by atoms with Gasteiger partial charge in [0, 0.05) is 0 Å². The maximum atomic E-state index is 9.82. The fourth-order valence-corrected chi connectivity index (χ4v) is 9.59. The van der Waals surface area contributed by atoms with Crippen molar-refractivity contribution in [2.45, 2.75) is 69.9 Å². The van der Waals surface area contributed by atoms with Gasteiger partial charge in [-0.1, -0.05) is 81.4 Å². The maximum absolute atomic E-state index is 9.82. The van der Waals surface area contributed by atoms with Crippen molar-refractivity contribution >= 4 is 18.7 Å². The summed E-state index contributed by atoms with van der Waals surface area (Å²) in [7, 11) is -2.67. The summed E-state index contributed by atoms with van der Waals surface area (Å²) in [6, 6.07) is 21.1. The summed E-state index contributed by atoms with van der Waals surface area (Å²) in [6.45, 7) is 10.9. The van der Waals surface area contributed by atoms with E-state index in [1.165, 1.54) is 10.4 Å². The Bertz CT molecular complexity index is 825. The van der Waals surface area contributed by atoms with E-state index in [0.717, 1.165) is 0 Å². The van der Waals surface area contributed by atoms with E-state index < -0.39 is 20.2 Å². The molecule has 0 radical (unpaired) electrons. The normalized spacial score (nSPS) is 27.9. The number of rotatable bonds is 6. The highest BCUT2D eigenvalue weighted by molar-refractivity contribution is 6.99. The summed E-state index contributed by atoms with van der Waals surface area (Å²) in [5.74, 6) is -0.692. The van der Waals surface area contributed by atoms with Crippen LogP contribution in [-0.4, -0.2) is 56.8 Å². The third kappa shape index (κ3) is 4.13. The summed E-state index contributed by atoms with van der Waals surface area (Å²) < 4.78 is 25.3. The first-order valence-corrected chi connectivity index (χ1v) is 13.0. The molecule has 0 spiro atoms. The van der Waals surface area contributed by atoms with Crippen molar-refractivity contribution in [2.24, 2.45) is 0 Å². The molecule has 0 aromatic heterocycles. The second kappa shape index (κ2) is 8.43. The van der Waals surface area contributed by atoms with Gasteiger partial charge in [-0.05, 0) is 29.3 Å². The molecule has 4 rings (SSSR count). The number of benzene rings is 2. The fraction of sp³-hybridized carbons (Fsp3) is 0.520. The van der Waals surface area contributed by atoms with E-state index in [9.17, 15) is 5.11 Å². The minimum absolute atomic E-state index is 0.101. The van der Waals surface area contributed by atoms with Gasteiger partial charge in [-0.15, -0.1) is 0 Å². The average molecular weight is 443 g/mol. The van der Waals surface area contributed by atoms with E-state index in [2.05, 4.69) is 69.3 Å². The molecule has 0 aliphatic carbocycles. The van der Waals surface area contributed by atoms with Crippen molar-refractivity contribution in [1.82, 2.24) is 0 Å². The van der Waals surface area contributed by atoms with Gasteiger partial charge in [0.1, 0.15) is 24.4 Å². The lowest BCUT2D eigenvalue weighted by atomic mass is 10.1. The van der Waals surface area contributed by atoms with E-state index in [-0.39, 0.29) is 30.0 Å². The van der Waals surface area contributed by atoms with Gasteiger partial charge < -0.3 is 23.7 Å². The topological polar surface area (TPSA) is 57.2 Å². The van der Waals surface area contributed by atoms with Crippen LogP contribution in [0.1, 0.15) is 34.6 Å². The van der Waals surface area contributed by atoms with Gasteiger partial charge in [0.05, 0.1) is 13.2 Å². The summed E-state index contributed by atoms with van der Waals surface area (Å²) in [4.78, 5) is 0. The molecule has 2 aromatic rings. The summed E-state index contributed by atoms with van der Waals surface area (Å²) in [6.07, 6.45) is -1.25. The summed E-state index contributed by atoms with van der Waals surface area (Å²) in [5, 5.41) is 12.2. The fourth-order valence-electron chi connectivity index (χ4n) is 5.02. The third-order valence-electron chi connectivity index (χ3n) is 6.31. The molecular formula is C25H34O5Si. The van der Waals surface area contributed by atoms with Crippen molar-refractivity contribution in [3.8, 4) is 0 Å². The van der Waals surface area contributed by atoms with E-state index in [1.54, 1.807) is 0 Å². The lowest BCUT2D eigenvalue weighted by molar-refractivity contribution is -0.192. The molecule has 2 saturated heterocycles. The van der Waals surface area contributed by atoms with Crippen molar-refractivity contribution in [3.63, 3.8) is 0 Å². The molecule has 168 valence electrons. The minimum Gasteiger partial charge on any atom is -0.405 e. The Hall–Kier alpha value is -1.54. The van der Waals surface area contributed by atoms with Crippen molar-refractivity contribution in [1.29, 1.82) is 0 Å². The highest BCUT2D eigenvalue weighted by Gasteiger charge is 2.56. The predicted octanol–water partition coefficient (Wildman–Crippen LogP) is 2.84. The molecule has 31 heavy (non-hydrogen) atoms. The van der Waals surface area contributed by atoms with Gasteiger partial charge in [-0.3, -0.25) is 0 Å². The Morgan fingerprint density at radius 2 is 1.35 bits per heavy atom. The molecule has 2 aliphatic heterocycles. The van der Waals surface area contributed by atoms with Crippen LogP contribution < -0.4 is 10.4 Å². The zero-order valence-corrected chi connectivity index (χ0v) is 20.1. The second-order valence-electron chi connectivity index (χ2n) is 9.93. The Balaban J connectivity index is 1.69. The quantitative estimate of drug-likeness (QED) is 0.697. The molecular weight excluding hydrogens is 408 g/mol. The molecule has 5 nitrogen and oxygen atoms in total. The number of aliphatic hydroxyl groups is 1. The smallest absolute Gasteiger partial charge is 0.261 e. The number of fused-ring (bicyclic) bond motifs is 1. The van der Waals surface area contributed by atoms with Crippen molar-refractivity contribution in [2.75, 3.05) is 13.2 Å². The predicted molar refractivity (Wildman–Crippen MR) is 123 cm³/mol. The standard InChI is InChI=1S/C25H34O5Si/c1-24(2,3)31(18-12-8-6-9-13-18,19-14-10-7-11-15-19)27-17-21-23-22(20(16-26)28-21)29-25(4,5)30-23/h6-15,20-23,26H,16-17H2,1-5H3/t20-,21-,22+,23-/m1/s1. The molecule has 0 bridgehead atoms. The first-order chi connectivity index (χ1) is 14.7. The van der Waals surface area contributed by atoms with Crippen LogP contribution in [0.3, 0.4) is 0 Å². The van der Waals surface area contributed by atoms with Crippen LogP contribution in [0.2, 0.25) is 5.04 Å². The average Bonchev–Trinajstić information content (AvgIpc) is 3.22. The van der Waals surface area contributed by atoms with Gasteiger partial charge in [-0.25, -0.2) is 0 Å². The van der Waals surface area contributed by atoms with Crippen molar-refractivity contribution in [3.05, 3.63) is 60.7 Å². The first kappa shape index (κ1) is 22.6. The highest BCUT2D eigenvalue weighted by atomic mass is 28.4. The summed E-state index contributed by atoms with van der Waals surface area (Å²) in [5.41, 5.74) is 0. The number of ether oxygens (including phenoxy) is 3. The maximum Gasteiger partial charge on any atom is 0.261 e. The second-order valence-corrected chi connectivity index (χ2v) is 14.2. The van der Waals surface area contributed by atoms with Crippen LogP contribution in [0.5, 0.6) is 0 Å². The van der Waals surface area contributed by atoms with Gasteiger partial charge in [-0.2, -0.15) is 0 Å². The Morgan fingerprint density at radius 1 is 0.871 bits per heavy atom. The monoisotopic (exact) mass is 442 g/mol. The SMILES string of the molecule is CC1(C)O[C@@H]2[C@H](O1)[C@@H](CO[Si](c1ccccc1)(c1ccccc1)C(C)(C)C)O[C@@H]2CO. The van der Waals surface area contributed by atoms with Crippen LogP contribution in [0.15, 0.2) is 60.7 Å². The minimum atomic E-state index is -2.67. The van der Waals surface area contributed by atoms with Crippen LogP contribution in [-0.2, 0) is 18.6 Å². The number of hydrogen-bond donors (Lipinski definition) is 1. The molecule has 0 saturated carbocycles. The lowest BCUT2D eigenvalue weighted by Crippen LogP contribution is -2.67. The molecule has 2 aromatic carbocycles. The van der Waals surface area contributed by atoms with Gasteiger partial charge >= 0.3 is 0 Å². The zero-order chi connectivity index (χ0) is 22.3. The van der Waals surface area contributed by atoms with Crippen LogP contribution >= 0.6 is 0 Å². The first-order valence-electron chi connectivity index (χ1n) is 11.0. The highest BCUT2D eigenvalue weighted by Crippen LogP contribution is 2.41. The van der Waals surface area contributed by atoms with E-state index in [0.29, 0.717) is 6.61 Å². The zero-order valence-electron chi connectivity index (χ0n) is 19.1. The molecule has 2 aliphatic rings. The third-order valence-corrected chi connectivity index (χ3v) is 11.3. The molecule has 0 unspecified atom stereocenters. The van der Waals surface area contributed by atoms with E-state index in [1.807, 2.05) is 26.0 Å². The Morgan fingerprint density at radius 3 is 1.81 bits per heavy atom. The molecule has 1 N–H and O–H groups in total. The molecule has 4 atom stereocenters. The number of aliphatic hydroxyl groups excluding tert-OH is 1. The number of hydrogen-bond acceptors (Lipinski definition) is 5. The van der Waals surface area contributed by atoms with Crippen LogP contribution in [0.25, 0.3) is 0 Å². The Labute approximate surface area is 186 Å². The molecule has 2 heterocycles. The largest absolute Gasteiger partial charge is 0.405 e. The van der Waals surface area contributed by atoms with Crippen LogP contribution in [0.4, 0.5) is 0 Å². The Kier molecular flexibility index (Phi) is 6.16. The summed E-state index contributed by atoms with van der Waals surface area (Å²) >= 11 is 0. The van der Waals surface area contributed by atoms with E-state index in [4.69, 9.17) is 18.6 Å². The molecule has 2 fully saturated rings.